The van der Waals surface area contributed by atoms with Gasteiger partial charge in [-0.2, -0.15) is 0 Å². The van der Waals surface area contributed by atoms with Gasteiger partial charge in [-0.05, 0) is 18.2 Å². The summed E-state index contributed by atoms with van der Waals surface area (Å²) in [5.41, 5.74) is 14.1. The number of hydrogen-bond donors (Lipinski definition) is 4. The summed E-state index contributed by atoms with van der Waals surface area (Å²) >= 11 is 0. The molecule has 0 unspecified atom stereocenters. The standard InChI is InChI=1S/C14H16F3N5O3/c1-23-9-3-2-8(25-14(15,16)17)4-7(9)6-24-10-5-11(18)21-13(22-20)12(10)19/h2-5H,6,19-20H2,1H3,(H3,18,21,22). The lowest BCUT2D eigenvalue weighted by Gasteiger charge is -2.15. The second kappa shape index (κ2) is 7.21. The summed E-state index contributed by atoms with van der Waals surface area (Å²) in [5, 5.41) is 0. The Balaban J connectivity index is 2.25. The Hall–Kier alpha value is -3.08. The molecule has 25 heavy (non-hydrogen) atoms. The predicted octanol–water partition coefficient (Wildman–Crippen LogP) is 2.02. The van der Waals surface area contributed by atoms with Crippen molar-refractivity contribution >= 4 is 17.3 Å². The van der Waals surface area contributed by atoms with E-state index in [9.17, 15) is 13.2 Å². The Labute approximate surface area is 140 Å². The third-order valence-electron chi connectivity index (χ3n) is 3.05. The zero-order chi connectivity index (χ0) is 18.6. The van der Waals surface area contributed by atoms with Crippen LogP contribution in [0.5, 0.6) is 17.2 Å². The van der Waals surface area contributed by atoms with Gasteiger partial charge in [0.25, 0.3) is 0 Å². The Bertz CT molecular complexity index is 755. The number of rotatable bonds is 6. The summed E-state index contributed by atoms with van der Waals surface area (Å²) in [6, 6.07) is 4.97. The van der Waals surface area contributed by atoms with E-state index in [4.69, 9.17) is 26.8 Å². The van der Waals surface area contributed by atoms with Crippen LogP contribution in [0.3, 0.4) is 0 Å². The molecule has 1 aromatic heterocycles. The van der Waals surface area contributed by atoms with E-state index >= 15 is 0 Å². The number of hydrogen-bond acceptors (Lipinski definition) is 8. The lowest BCUT2D eigenvalue weighted by atomic mass is 10.2. The summed E-state index contributed by atoms with van der Waals surface area (Å²) in [5.74, 6) is 5.54. The number of nitrogens with one attached hydrogen (secondary N) is 1. The predicted molar refractivity (Wildman–Crippen MR) is 84.9 cm³/mol. The van der Waals surface area contributed by atoms with E-state index in [1.165, 1.54) is 19.2 Å². The molecule has 136 valence electrons. The van der Waals surface area contributed by atoms with Gasteiger partial charge in [0.05, 0.1) is 7.11 Å². The van der Waals surface area contributed by atoms with E-state index in [0.29, 0.717) is 11.3 Å². The Kier molecular flexibility index (Phi) is 5.27. The molecular weight excluding hydrogens is 343 g/mol. The molecule has 11 heteroatoms. The quantitative estimate of drug-likeness (QED) is 0.455. The van der Waals surface area contributed by atoms with Crippen LogP contribution in [0.25, 0.3) is 0 Å². The third kappa shape index (κ3) is 4.70. The van der Waals surface area contributed by atoms with E-state index in [1.54, 1.807) is 0 Å². The Morgan fingerprint density at radius 3 is 2.48 bits per heavy atom. The number of aromatic nitrogens is 1. The van der Waals surface area contributed by atoms with Crippen LogP contribution in [-0.2, 0) is 6.61 Å². The summed E-state index contributed by atoms with van der Waals surface area (Å²) in [6.07, 6.45) is -4.81. The number of nitrogens with two attached hydrogens (primary N) is 3. The van der Waals surface area contributed by atoms with Crippen LogP contribution in [0.2, 0.25) is 0 Å². The van der Waals surface area contributed by atoms with Crippen molar-refractivity contribution in [1.29, 1.82) is 0 Å². The molecule has 0 fully saturated rings. The summed E-state index contributed by atoms with van der Waals surface area (Å²) in [4.78, 5) is 3.86. The highest BCUT2D eigenvalue weighted by atomic mass is 19.4. The molecule has 2 rings (SSSR count). The fraction of sp³-hybridized carbons (Fsp3) is 0.214. The average molecular weight is 359 g/mol. The monoisotopic (exact) mass is 359 g/mol. The van der Waals surface area contributed by atoms with Crippen LogP contribution in [0.4, 0.5) is 30.5 Å². The maximum atomic E-state index is 12.3. The number of alkyl halides is 3. The van der Waals surface area contributed by atoms with Crippen molar-refractivity contribution in [1.82, 2.24) is 4.98 Å². The van der Waals surface area contributed by atoms with E-state index in [1.807, 2.05) is 0 Å². The fourth-order valence-corrected chi connectivity index (χ4v) is 2.00. The van der Waals surface area contributed by atoms with Gasteiger partial charge in [-0.25, -0.2) is 10.8 Å². The molecule has 0 radical (unpaired) electrons. The van der Waals surface area contributed by atoms with E-state index < -0.39 is 12.1 Å². The van der Waals surface area contributed by atoms with Gasteiger partial charge >= 0.3 is 6.36 Å². The maximum Gasteiger partial charge on any atom is 0.573 e. The summed E-state index contributed by atoms with van der Waals surface area (Å²) in [7, 11) is 1.37. The van der Waals surface area contributed by atoms with Gasteiger partial charge in [0, 0.05) is 11.6 Å². The molecule has 0 saturated carbocycles. The highest BCUT2D eigenvalue weighted by molar-refractivity contribution is 5.71. The van der Waals surface area contributed by atoms with Crippen molar-refractivity contribution in [2.24, 2.45) is 5.84 Å². The number of methoxy groups -OCH3 is 1. The smallest absolute Gasteiger partial charge is 0.496 e. The minimum atomic E-state index is -4.81. The topological polar surface area (TPSA) is 131 Å². The van der Waals surface area contributed by atoms with Crippen LogP contribution in [-0.4, -0.2) is 18.5 Å². The normalized spacial score (nSPS) is 11.1. The number of nitrogens with zero attached hydrogens (tertiary/aromatic N) is 1. The van der Waals surface area contributed by atoms with Crippen molar-refractivity contribution in [3.8, 4) is 17.2 Å². The molecule has 2 aromatic rings. The van der Waals surface area contributed by atoms with Crippen LogP contribution < -0.4 is 36.9 Å². The number of anilines is 3. The number of nitrogen functional groups attached to an aromatic ring is 3. The average Bonchev–Trinajstić information content (AvgIpc) is 2.54. The molecule has 1 aromatic carbocycles. The second-order valence-corrected chi connectivity index (χ2v) is 4.76. The molecular formula is C14H16F3N5O3. The van der Waals surface area contributed by atoms with Gasteiger partial charge in [-0.3, -0.25) is 0 Å². The van der Waals surface area contributed by atoms with Crippen molar-refractivity contribution in [3.63, 3.8) is 0 Å². The molecule has 8 nitrogen and oxygen atoms in total. The van der Waals surface area contributed by atoms with Gasteiger partial charge in [-0.1, -0.05) is 0 Å². The number of halogens is 3. The first-order valence-electron chi connectivity index (χ1n) is 6.81. The van der Waals surface area contributed by atoms with Crippen molar-refractivity contribution in [3.05, 3.63) is 29.8 Å². The lowest BCUT2D eigenvalue weighted by molar-refractivity contribution is -0.274. The second-order valence-electron chi connectivity index (χ2n) is 4.76. The van der Waals surface area contributed by atoms with E-state index in [2.05, 4.69) is 15.1 Å². The summed E-state index contributed by atoms with van der Waals surface area (Å²) < 4.78 is 51.5. The molecule has 0 amide bonds. The van der Waals surface area contributed by atoms with Crippen molar-refractivity contribution < 1.29 is 27.4 Å². The largest absolute Gasteiger partial charge is 0.573 e. The molecule has 0 aliphatic heterocycles. The number of ether oxygens (including phenoxy) is 3. The third-order valence-corrected chi connectivity index (χ3v) is 3.05. The Morgan fingerprint density at radius 1 is 1.16 bits per heavy atom. The molecule has 7 N–H and O–H groups in total. The minimum absolute atomic E-state index is 0.0956. The number of pyridine rings is 1. The van der Waals surface area contributed by atoms with Gasteiger partial charge in [-0.15, -0.1) is 13.2 Å². The van der Waals surface area contributed by atoms with Crippen molar-refractivity contribution in [2.45, 2.75) is 13.0 Å². The lowest BCUT2D eigenvalue weighted by Crippen LogP contribution is -2.17. The zero-order valence-corrected chi connectivity index (χ0v) is 13.1. The van der Waals surface area contributed by atoms with E-state index in [0.717, 1.165) is 12.1 Å². The van der Waals surface area contributed by atoms with Crippen LogP contribution in [0.1, 0.15) is 5.56 Å². The maximum absolute atomic E-state index is 12.3. The molecule has 0 spiro atoms. The van der Waals surface area contributed by atoms with Gasteiger partial charge in [0.1, 0.15) is 35.4 Å². The number of hydrazine groups is 1. The molecule has 0 saturated heterocycles. The Morgan fingerprint density at radius 2 is 1.88 bits per heavy atom. The first kappa shape index (κ1) is 18.3. The van der Waals surface area contributed by atoms with Crippen molar-refractivity contribution in [2.75, 3.05) is 24.0 Å². The fourth-order valence-electron chi connectivity index (χ4n) is 2.00. The van der Waals surface area contributed by atoms with Gasteiger partial charge in [0.15, 0.2) is 5.82 Å². The van der Waals surface area contributed by atoms with Crippen LogP contribution in [0, 0.1) is 0 Å². The molecule has 1 heterocycles. The zero-order valence-electron chi connectivity index (χ0n) is 13.1. The molecule has 0 aliphatic rings. The van der Waals surface area contributed by atoms with Crippen LogP contribution in [0.15, 0.2) is 24.3 Å². The molecule has 0 aliphatic carbocycles. The first-order valence-corrected chi connectivity index (χ1v) is 6.81. The highest BCUT2D eigenvalue weighted by Gasteiger charge is 2.31. The molecule has 0 bridgehead atoms. The molecule has 0 atom stereocenters. The van der Waals surface area contributed by atoms with Gasteiger partial charge in [0.2, 0.25) is 0 Å². The number of benzene rings is 1. The van der Waals surface area contributed by atoms with Gasteiger partial charge < -0.3 is 31.1 Å². The SMILES string of the molecule is COc1ccc(OC(F)(F)F)cc1COc1cc(N)nc(NN)c1N. The van der Waals surface area contributed by atoms with E-state index in [-0.39, 0.29) is 29.7 Å². The minimum Gasteiger partial charge on any atom is -0.496 e. The first-order chi connectivity index (χ1) is 11.7. The van der Waals surface area contributed by atoms with Crippen LogP contribution >= 0.6 is 0 Å². The highest BCUT2D eigenvalue weighted by Crippen LogP contribution is 2.32. The summed E-state index contributed by atoms with van der Waals surface area (Å²) in [6.45, 7) is -0.157.